The molecule has 1 aromatic carbocycles. The lowest BCUT2D eigenvalue weighted by molar-refractivity contribution is -0.116. The Labute approximate surface area is 203 Å². The van der Waals surface area contributed by atoms with E-state index < -0.39 is 0 Å². The maximum Gasteiger partial charge on any atom is 0.341 e. The van der Waals surface area contributed by atoms with Gasteiger partial charge in [0, 0.05) is 17.8 Å². The van der Waals surface area contributed by atoms with Gasteiger partial charge in [0.2, 0.25) is 5.91 Å². The lowest BCUT2D eigenvalue weighted by Crippen LogP contribution is -2.30. The quantitative estimate of drug-likeness (QED) is 0.235. The van der Waals surface area contributed by atoms with Gasteiger partial charge in [0.1, 0.15) is 5.00 Å². The molecule has 0 spiro atoms. The van der Waals surface area contributed by atoms with Gasteiger partial charge in [-0.2, -0.15) is 0 Å². The minimum Gasteiger partial charge on any atom is -0.462 e. The summed E-state index contributed by atoms with van der Waals surface area (Å²) in [5.41, 5.74) is 2.48. The largest absolute Gasteiger partial charge is 0.462 e. The molecular formula is C26H30N2O5S. The molecule has 3 amide bonds. The predicted octanol–water partition coefficient (Wildman–Crippen LogP) is 4.99. The molecule has 8 heteroatoms. The number of ether oxygens (including phenoxy) is 1. The summed E-state index contributed by atoms with van der Waals surface area (Å²) in [4.78, 5) is 52.6. The van der Waals surface area contributed by atoms with Crippen molar-refractivity contribution in [2.75, 3.05) is 18.5 Å². The fourth-order valence-electron chi connectivity index (χ4n) is 4.61. The summed E-state index contributed by atoms with van der Waals surface area (Å²) in [5.74, 6) is -0.995. The van der Waals surface area contributed by atoms with Gasteiger partial charge in [-0.1, -0.05) is 25.0 Å². The number of nitrogens with zero attached hydrogens (tertiary/aromatic N) is 1. The van der Waals surface area contributed by atoms with Gasteiger partial charge in [-0.05, 0) is 63.1 Å². The van der Waals surface area contributed by atoms with Gasteiger partial charge in [-0.3, -0.25) is 19.3 Å². The molecule has 1 aromatic heterocycles. The van der Waals surface area contributed by atoms with Gasteiger partial charge in [0.15, 0.2) is 0 Å². The zero-order valence-electron chi connectivity index (χ0n) is 19.5. The standard InChI is InChI=1S/C26H30N2O5S/c1-2-33-26(32)22-19-13-5-3-6-14-20(19)34-23(22)27-21(29)15-7-4-10-16-28-24(30)17-11-8-9-12-18(17)25(28)31/h8-9,11-12H,2-7,10,13-16H2,1H3,(H,27,29). The van der Waals surface area contributed by atoms with Gasteiger partial charge in [0.25, 0.3) is 11.8 Å². The zero-order chi connectivity index (χ0) is 24.1. The van der Waals surface area contributed by atoms with Crippen LogP contribution in [0.4, 0.5) is 5.00 Å². The van der Waals surface area contributed by atoms with E-state index in [0.717, 1.165) is 37.7 Å². The Morgan fingerprint density at radius 3 is 2.41 bits per heavy atom. The number of aryl methyl sites for hydroxylation is 1. The molecule has 180 valence electrons. The van der Waals surface area contributed by atoms with E-state index in [9.17, 15) is 19.2 Å². The number of anilines is 1. The normalized spacial score (nSPS) is 15.0. The molecule has 0 unspecified atom stereocenters. The Bertz CT molecular complexity index is 1070. The molecule has 0 bridgehead atoms. The average molecular weight is 483 g/mol. The van der Waals surface area contributed by atoms with Crippen LogP contribution in [0.3, 0.4) is 0 Å². The number of imide groups is 1. The highest BCUT2D eigenvalue weighted by atomic mass is 32.1. The van der Waals surface area contributed by atoms with Gasteiger partial charge < -0.3 is 10.1 Å². The van der Waals surface area contributed by atoms with Crippen molar-refractivity contribution >= 4 is 40.0 Å². The Kier molecular flexibility index (Phi) is 7.77. The molecular weight excluding hydrogens is 452 g/mol. The summed E-state index contributed by atoms with van der Waals surface area (Å²) in [7, 11) is 0. The van der Waals surface area contributed by atoms with Crippen LogP contribution in [0.1, 0.15) is 93.4 Å². The molecule has 2 aromatic rings. The summed E-state index contributed by atoms with van der Waals surface area (Å²) in [6.07, 6.45) is 7.35. The molecule has 34 heavy (non-hydrogen) atoms. The van der Waals surface area contributed by atoms with Gasteiger partial charge >= 0.3 is 5.97 Å². The number of carbonyl (C=O) groups excluding carboxylic acids is 4. The SMILES string of the molecule is CCOC(=O)c1c(NC(=O)CCCCCN2C(=O)c3ccccc3C2=O)sc2c1CCCCC2. The summed E-state index contributed by atoms with van der Waals surface area (Å²) >= 11 is 1.50. The number of benzene rings is 1. The van der Waals surface area contributed by atoms with Crippen molar-refractivity contribution in [3.8, 4) is 0 Å². The predicted molar refractivity (Wildman–Crippen MR) is 130 cm³/mol. The van der Waals surface area contributed by atoms with Crippen LogP contribution >= 0.6 is 11.3 Å². The summed E-state index contributed by atoms with van der Waals surface area (Å²) in [6, 6.07) is 6.86. The fraction of sp³-hybridized carbons (Fsp3) is 0.462. The van der Waals surface area contributed by atoms with E-state index in [1.807, 2.05) is 0 Å². The number of hydrogen-bond donors (Lipinski definition) is 1. The Morgan fingerprint density at radius 1 is 1.00 bits per heavy atom. The molecule has 2 heterocycles. The second kappa shape index (κ2) is 11.0. The van der Waals surface area contributed by atoms with Crippen LogP contribution in [0, 0.1) is 0 Å². The van der Waals surface area contributed by atoms with Crippen LogP contribution in [-0.4, -0.2) is 41.7 Å². The number of carbonyl (C=O) groups is 4. The van der Waals surface area contributed by atoms with Crippen molar-refractivity contribution in [2.24, 2.45) is 0 Å². The van der Waals surface area contributed by atoms with Gasteiger partial charge in [-0.25, -0.2) is 4.79 Å². The second-order valence-electron chi connectivity index (χ2n) is 8.66. The van der Waals surface area contributed by atoms with Gasteiger partial charge in [-0.15, -0.1) is 11.3 Å². The molecule has 0 fully saturated rings. The summed E-state index contributed by atoms with van der Waals surface area (Å²) in [5, 5.41) is 3.54. The molecule has 4 rings (SSSR count). The Morgan fingerprint density at radius 2 is 1.71 bits per heavy atom. The van der Waals surface area contributed by atoms with Crippen LogP contribution in [0.5, 0.6) is 0 Å². The number of unbranched alkanes of at least 4 members (excludes halogenated alkanes) is 2. The molecule has 0 atom stereocenters. The van der Waals surface area contributed by atoms with Crippen molar-refractivity contribution in [1.29, 1.82) is 0 Å². The summed E-state index contributed by atoms with van der Waals surface area (Å²) in [6.45, 7) is 2.42. The topological polar surface area (TPSA) is 92.8 Å². The van der Waals surface area contributed by atoms with Crippen molar-refractivity contribution < 1.29 is 23.9 Å². The Balaban J connectivity index is 1.28. The fourth-order valence-corrected chi connectivity index (χ4v) is 5.91. The zero-order valence-corrected chi connectivity index (χ0v) is 20.3. The number of thiophene rings is 1. The first-order valence-electron chi connectivity index (χ1n) is 12.1. The molecule has 1 N–H and O–H groups in total. The number of fused-ring (bicyclic) bond motifs is 2. The van der Waals surface area contributed by atoms with Crippen LogP contribution in [0.2, 0.25) is 0 Å². The van der Waals surface area contributed by atoms with Crippen LogP contribution in [0.15, 0.2) is 24.3 Å². The van der Waals surface area contributed by atoms with Crippen molar-refractivity contribution in [3.63, 3.8) is 0 Å². The van der Waals surface area contributed by atoms with E-state index in [4.69, 9.17) is 4.74 Å². The van der Waals surface area contributed by atoms with E-state index >= 15 is 0 Å². The molecule has 0 saturated carbocycles. The van der Waals surface area contributed by atoms with Crippen LogP contribution in [0.25, 0.3) is 0 Å². The molecule has 0 radical (unpaired) electrons. The maximum atomic E-state index is 12.6. The van der Waals surface area contributed by atoms with E-state index in [1.165, 1.54) is 21.1 Å². The average Bonchev–Trinajstić information content (AvgIpc) is 3.16. The van der Waals surface area contributed by atoms with Crippen LogP contribution in [-0.2, 0) is 22.4 Å². The van der Waals surface area contributed by atoms with Gasteiger partial charge in [0.05, 0.1) is 23.3 Å². The minimum atomic E-state index is -0.363. The molecule has 1 aliphatic carbocycles. The first kappa shape index (κ1) is 24.1. The highest BCUT2D eigenvalue weighted by Crippen LogP contribution is 2.38. The lowest BCUT2D eigenvalue weighted by Gasteiger charge is -2.13. The number of hydrogen-bond acceptors (Lipinski definition) is 6. The molecule has 7 nitrogen and oxygen atoms in total. The number of rotatable bonds is 9. The maximum absolute atomic E-state index is 12.6. The highest BCUT2D eigenvalue weighted by Gasteiger charge is 2.34. The van der Waals surface area contributed by atoms with Crippen molar-refractivity contribution in [2.45, 2.75) is 64.7 Å². The first-order chi connectivity index (χ1) is 16.5. The minimum absolute atomic E-state index is 0.136. The lowest BCUT2D eigenvalue weighted by atomic mass is 10.1. The van der Waals surface area contributed by atoms with E-state index in [-0.39, 0.29) is 23.7 Å². The first-order valence-corrected chi connectivity index (χ1v) is 12.9. The smallest absolute Gasteiger partial charge is 0.341 e. The summed E-state index contributed by atoms with van der Waals surface area (Å²) < 4.78 is 5.27. The van der Waals surface area contributed by atoms with Crippen molar-refractivity contribution in [3.05, 3.63) is 51.4 Å². The molecule has 2 aliphatic rings. The highest BCUT2D eigenvalue weighted by molar-refractivity contribution is 7.17. The number of nitrogens with one attached hydrogen (secondary N) is 1. The molecule has 0 saturated heterocycles. The number of amides is 3. The van der Waals surface area contributed by atoms with E-state index in [0.29, 0.717) is 60.5 Å². The Hall–Kier alpha value is -3.00. The third-order valence-electron chi connectivity index (χ3n) is 6.32. The monoisotopic (exact) mass is 482 g/mol. The molecule has 1 aliphatic heterocycles. The third-order valence-corrected chi connectivity index (χ3v) is 7.52. The number of esters is 1. The van der Waals surface area contributed by atoms with E-state index in [1.54, 1.807) is 31.2 Å². The third kappa shape index (κ3) is 5.06. The second-order valence-corrected chi connectivity index (χ2v) is 9.76. The van der Waals surface area contributed by atoms with Crippen molar-refractivity contribution in [1.82, 2.24) is 4.90 Å². The van der Waals surface area contributed by atoms with Crippen LogP contribution < -0.4 is 5.32 Å². The van der Waals surface area contributed by atoms with E-state index in [2.05, 4.69) is 5.32 Å².